The fourth-order valence-electron chi connectivity index (χ4n) is 2.95. The molecule has 0 fully saturated rings. The second-order valence-electron chi connectivity index (χ2n) is 6.05. The van der Waals surface area contributed by atoms with Crippen molar-refractivity contribution in [2.24, 2.45) is 0 Å². The Labute approximate surface area is 136 Å². The molecule has 0 atom stereocenters. The molecule has 1 rings (SSSR count). The van der Waals surface area contributed by atoms with Crippen molar-refractivity contribution in [2.75, 3.05) is 0 Å². The third-order valence-corrected chi connectivity index (χ3v) is 5.75. The summed E-state index contributed by atoms with van der Waals surface area (Å²) in [6.07, 6.45) is 15.7. The predicted octanol–water partition coefficient (Wildman–Crippen LogP) is 5.53. The van der Waals surface area contributed by atoms with Gasteiger partial charge in [-0.3, -0.25) is 0 Å². The molecule has 0 nitrogen and oxygen atoms in total. The molecule has 0 saturated heterocycles. The van der Waals surface area contributed by atoms with Crippen LogP contribution in [0.2, 0.25) is 5.05 Å². The summed E-state index contributed by atoms with van der Waals surface area (Å²) in [7, 11) is 0. The van der Waals surface area contributed by atoms with Gasteiger partial charge in [0.15, 0.2) is 0 Å². The van der Waals surface area contributed by atoms with E-state index in [2.05, 4.69) is 36.2 Å². The quantitative estimate of drug-likeness (QED) is 0.350. The molecule has 0 heterocycles. The number of hydrogen-bond donors (Lipinski definition) is 0. The second-order valence-corrected chi connectivity index (χ2v) is 7.52. The molecular weight excluding hydrogens is 253 g/mol. The fraction of sp³-hybridized carbons (Fsp3) is 0.684. The molecule has 1 aromatic rings. The second kappa shape index (κ2) is 12.7. The molecule has 20 heavy (non-hydrogen) atoms. The first-order valence-electron chi connectivity index (χ1n) is 8.95. The Hall–Kier alpha value is -0.0138. The lowest BCUT2D eigenvalue weighted by molar-refractivity contribution is 0.556. The van der Waals surface area contributed by atoms with Gasteiger partial charge in [0.25, 0.3) is 0 Å². The summed E-state index contributed by atoms with van der Waals surface area (Å²) < 4.78 is 1.68. The molecule has 110 valence electrons. The van der Waals surface area contributed by atoms with Crippen LogP contribution in [-0.2, 0) is 6.42 Å². The van der Waals surface area contributed by atoms with Crippen LogP contribution >= 0.6 is 0 Å². The highest BCUT2D eigenvalue weighted by molar-refractivity contribution is 6.52. The first-order chi connectivity index (χ1) is 9.88. The van der Waals surface area contributed by atoms with E-state index in [1.165, 1.54) is 70.6 Å². The summed E-state index contributed by atoms with van der Waals surface area (Å²) in [4.78, 5) is 0. The van der Waals surface area contributed by atoms with Gasteiger partial charge in [-0.1, -0.05) is 94.5 Å². The van der Waals surface area contributed by atoms with Gasteiger partial charge in [-0.25, -0.2) is 0 Å². The van der Waals surface area contributed by atoms with Gasteiger partial charge in [0, 0.05) is 0 Å². The molecule has 0 bridgehead atoms. The van der Waals surface area contributed by atoms with Crippen LogP contribution < -0.4 is 3.69 Å². The molecule has 0 spiro atoms. The van der Waals surface area contributed by atoms with Crippen LogP contribution in [0.1, 0.15) is 76.7 Å². The maximum Gasteiger partial charge on any atom is 0.405 e. The van der Waals surface area contributed by atoms with Crippen LogP contribution in [0.4, 0.5) is 0 Å². The summed E-state index contributed by atoms with van der Waals surface area (Å²) >= 11 is 0.00423. The molecule has 0 saturated carbocycles. The lowest BCUT2D eigenvalue weighted by atomic mass is 10.0. The first-order valence-corrected chi connectivity index (χ1v) is 11.1. The lowest BCUT2D eigenvalue weighted by Crippen LogP contribution is -2.16. The number of rotatable bonds is 12. The van der Waals surface area contributed by atoms with E-state index in [1.54, 1.807) is 9.26 Å². The molecular formula is C19H32Mg. The molecule has 0 aliphatic carbocycles. The van der Waals surface area contributed by atoms with Crippen LogP contribution in [0, 0.1) is 0 Å². The molecule has 0 unspecified atom stereocenters. The van der Waals surface area contributed by atoms with Crippen LogP contribution in [0.3, 0.4) is 0 Å². The average molecular weight is 285 g/mol. The van der Waals surface area contributed by atoms with Gasteiger partial charge < -0.3 is 0 Å². The van der Waals surface area contributed by atoms with Gasteiger partial charge >= 0.3 is 20.4 Å². The van der Waals surface area contributed by atoms with Crippen molar-refractivity contribution >= 4 is 24.1 Å². The summed E-state index contributed by atoms with van der Waals surface area (Å²) in [5, 5.41) is 2.40. The van der Waals surface area contributed by atoms with Crippen molar-refractivity contribution in [3.05, 3.63) is 29.8 Å². The predicted molar refractivity (Wildman–Crippen MR) is 93.2 cm³/mol. The van der Waals surface area contributed by atoms with Gasteiger partial charge in [0.2, 0.25) is 0 Å². The maximum absolute atomic E-state index is 2.40. The Morgan fingerprint density at radius 1 is 0.750 bits per heavy atom. The van der Waals surface area contributed by atoms with E-state index in [-0.39, 0.29) is 20.4 Å². The molecule has 0 radical (unpaired) electrons. The standard InChI is InChI=1S/C18H29.CH3.Mg/c1-2-3-4-5-6-7-8-9-10-12-15-18-16-13-11-14-17-18;;/h11,13-14,16H,2-10,12,15H2,1H3;1H3;. The highest BCUT2D eigenvalue weighted by Crippen LogP contribution is 2.11. The van der Waals surface area contributed by atoms with Crippen LogP contribution in [0.15, 0.2) is 24.3 Å². The van der Waals surface area contributed by atoms with Crippen LogP contribution in [0.25, 0.3) is 0 Å². The molecule has 0 aliphatic heterocycles. The van der Waals surface area contributed by atoms with Crippen molar-refractivity contribution in [1.29, 1.82) is 0 Å². The van der Waals surface area contributed by atoms with E-state index in [1.807, 2.05) is 0 Å². The molecule has 0 N–H and O–H groups in total. The van der Waals surface area contributed by atoms with E-state index >= 15 is 0 Å². The van der Waals surface area contributed by atoms with Crippen molar-refractivity contribution < 1.29 is 0 Å². The van der Waals surface area contributed by atoms with Gasteiger partial charge in [-0.05, 0) is 12.8 Å². The minimum Gasteiger partial charge on any atom is -0.171 e. The maximum atomic E-state index is 2.40. The third kappa shape index (κ3) is 8.31. The number of benzene rings is 1. The summed E-state index contributed by atoms with van der Waals surface area (Å²) in [6.45, 7) is 2.29. The summed E-state index contributed by atoms with van der Waals surface area (Å²) in [6, 6.07) is 9.10. The van der Waals surface area contributed by atoms with Crippen molar-refractivity contribution in [1.82, 2.24) is 0 Å². The Balaban J connectivity index is 1.97. The average Bonchev–Trinajstić information content (AvgIpc) is 2.49. The summed E-state index contributed by atoms with van der Waals surface area (Å²) in [5.74, 6) is 0. The SMILES string of the molecule is CCCCCCCCCCCCc1cccc[c]1[Mg][CH3]. The monoisotopic (exact) mass is 284 g/mol. The number of hydrogen-bond acceptors (Lipinski definition) is 0. The lowest BCUT2D eigenvalue weighted by Gasteiger charge is -2.08. The zero-order valence-corrected chi connectivity index (χ0v) is 15.2. The third-order valence-electron chi connectivity index (χ3n) is 4.30. The minimum absolute atomic E-state index is 0.00423. The zero-order valence-electron chi connectivity index (χ0n) is 13.8. The first kappa shape index (κ1) is 18.0. The number of aryl methyl sites for hydroxylation is 1. The largest absolute Gasteiger partial charge is 0.405 e. The van der Waals surface area contributed by atoms with Gasteiger partial charge in [0.1, 0.15) is 0 Å². The highest BCUT2D eigenvalue weighted by Gasteiger charge is 2.00. The minimum atomic E-state index is 0.00423. The van der Waals surface area contributed by atoms with Gasteiger partial charge in [0.05, 0.1) is 0 Å². The smallest absolute Gasteiger partial charge is 0.171 e. The molecule has 0 aliphatic rings. The Morgan fingerprint density at radius 2 is 1.30 bits per heavy atom. The van der Waals surface area contributed by atoms with Gasteiger partial charge in [-0.2, -0.15) is 3.69 Å². The molecule has 0 amide bonds. The molecule has 1 aromatic carbocycles. The number of unbranched alkanes of at least 4 members (excludes halogenated alkanes) is 9. The van der Waals surface area contributed by atoms with Gasteiger partial charge in [-0.15, -0.1) is 5.05 Å². The Morgan fingerprint density at radius 3 is 1.90 bits per heavy atom. The van der Waals surface area contributed by atoms with E-state index in [0.29, 0.717) is 0 Å². The topological polar surface area (TPSA) is 0 Å². The normalized spacial score (nSPS) is 10.5. The molecule has 1 heteroatoms. The van der Waals surface area contributed by atoms with Crippen molar-refractivity contribution in [3.63, 3.8) is 0 Å². The zero-order chi connectivity index (χ0) is 14.5. The Kier molecular flexibility index (Phi) is 11.5. The van der Waals surface area contributed by atoms with Crippen molar-refractivity contribution in [3.8, 4) is 0 Å². The summed E-state index contributed by atoms with van der Waals surface area (Å²) in [5.41, 5.74) is 1.64. The van der Waals surface area contributed by atoms with Crippen molar-refractivity contribution in [2.45, 2.75) is 82.6 Å². The van der Waals surface area contributed by atoms with E-state index in [4.69, 9.17) is 0 Å². The van der Waals surface area contributed by atoms with E-state index in [9.17, 15) is 0 Å². The highest BCUT2D eigenvalue weighted by atomic mass is 24.5. The van der Waals surface area contributed by atoms with Crippen LogP contribution in [-0.4, -0.2) is 20.4 Å². The van der Waals surface area contributed by atoms with Crippen LogP contribution in [0.5, 0.6) is 0 Å². The Bertz CT molecular complexity index is 332. The van der Waals surface area contributed by atoms with E-state index in [0.717, 1.165) is 0 Å². The van der Waals surface area contributed by atoms with E-state index < -0.39 is 0 Å². The fourth-order valence-corrected chi connectivity index (χ4v) is 4.07. The molecule has 0 aromatic heterocycles.